The molecular formula is C17H23N5O2S. The molecule has 3 rings (SSSR count). The van der Waals surface area contributed by atoms with Crippen LogP contribution < -0.4 is 5.32 Å². The fourth-order valence-corrected chi connectivity index (χ4v) is 4.29. The third-order valence-electron chi connectivity index (χ3n) is 4.49. The average Bonchev–Trinajstić information content (AvgIpc) is 3.20. The second-order valence-electron chi connectivity index (χ2n) is 6.42. The van der Waals surface area contributed by atoms with Crippen LogP contribution in [0.4, 0.5) is 0 Å². The molecule has 0 saturated carbocycles. The standard InChI is InChI=1S/C17H23N5O2S/c1-10(22-12(3)16(13(4)23)11(2)20-22)7-15(24)19-8-14-9-25-17-18-5-6-21(14)17/h9-10H,5-8H2,1-4H3,(H,19,24)/t10-/m1/s1. The maximum Gasteiger partial charge on any atom is 0.222 e. The predicted molar refractivity (Wildman–Crippen MR) is 98.7 cm³/mol. The molecule has 2 aliphatic heterocycles. The summed E-state index contributed by atoms with van der Waals surface area (Å²) in [5, 5.41) is 10.5. The van der Waals surface area contributed by atoms with Crippen molar-refractivity contribution in [2.24, 2.45) is 4.99 Å². The van der Waals surface area contributed by atoms with Gasteiger partial charge in [0.1, 0.15) is 0 Å². The molecule has 0 fully saturated rings. The number of amides is 1. The molecule has 0 spiro atoms. The van der Waals surface area contributed by atoms with Crippen molar-refractivity contribution < 1.29 is 9.59 Å². The molecule has 1 aromatic rings. The molecule has 0 bridgehead atoms. The van der Waals surface area contributed by atoms with Crippen LogP contribution in [0.15, 0.2) is 16.1 Å². The van der Waals surface area contributed by atoms with Crippen LogP contribution in [-0.2, 0) is 4.79 Å². The summed E-state index contributed by atoms with van der Waals surface area (Å²) >= 11 is 1.61. The number of aryl methyl sites for hydroxylation is 1. The van der Waals surface area contributed by atoms with Crippen LogP contribution in [0, 0.1) is 13.8 Å². The van der Waals surface area contributed by atoms with E-state index in [4.69, 9.17) is 0 Å². The van der Waals surface area contributed by atoms with Gasteiger partial charge in [-0.1, -0.05) is 11.8 Å². The summed E-state index contributed by atoms with van der Waals surface area (Å²) in [4.78, 5) is 30.6. The topological polar surface area (TPSA) is 79.6 Å². The second kappa shape index (κ2) is 7.03. The van der Waals surface area contributed by atoms with Crippen LogP contribution in [0.2, 0.25) is 0 Å². The van der Waals surface area contributed by atoms with Gasteiger partial charge in [0.25, 0.3) is 0 Å². The molecule has 0 aliphatic carbocycles. The number of nitrogens with one attached hydrogen (secondary N) is 1. The van der Waals surface area contributed by atoms with E-state index < -0.39 is 0 Å². The number of aromatic nitrogens is 2. The number of thioether (sulfide) groups is 1. The van der Waals surface area contributed by atoms with Gasteiger partial charge in [0.15, 0.2) is 11.0 Å². The Morgan fingerprint density at radius 3 is 2.84 bits per heavy atom. The highest BCUT2D eigenvalue weighted by Gasteiger charge is 2.26. The number of rotatable bonds is 6. The Morgan fingerprint density at radius 2 is 2.16 bits per heavy atom. The van der Waals surface area contributed by atoms with E-state index in [0.29, 0.717) is 24.2 Å². The van der Waals surface area contributed by atoms with E-state index in [1.807, 2.05) is 26.2 Å². The monoisotopic (exact) mass is 361 g/mol. The molecule has 1 amide bonds. The molecule has 134 valence electrons. The minimum Gasteiger partial charge on any atom is -0.350 e. The lowest BCUT2D eigenvalue weighted by atomic mass is 10.1. The smallest absolute Gasteiger partial charge is 0.222 e. The van der Waals surface area contributed by atoms with E-state index in [9.17, 15) is 9.59 Å². The number of fused-ring (bicyclic) bond motifs is 1. The minimum absolute atomic E-state index is 0.00616. The summed E-state index contributed by atoms with van der Waals surface area (Å²) in [5.41, 5.74) is 3.28. The van der Waals surface area contributed by atoms with Gasteiger partial charge in [0.2, 0.25) is 5.91 Å². The number of ketones is 1. The van der Waals surface area contributed by atoms with Crippen LogP contribution in [-0.4, -0.2) is 51.2 Å². The molecule has 25 heavy (non-hydrogen) atoms. The second-order valence-corrected chi connectivity index (χ2v) is 7.26. The zero-order valence-electron chi connectivity index (χ0n) is 15.0. The van der Waals surface area contributed by atoms with Gasteiger partial charge in [0.05, 0.1) is 30.4 Å². The van der Waals surface area contributed by atoms with Crippen molar-refractivity contribution in [3.8, 4) is 0 Å². The Kier molecular flexibility index (Phi) is 4.99. The number of aliphatic imine (C=N–C) groups is 1. The first-order valence-electron chi connectivity index (χ1n) is 8.39. The molecule has 2 aliphatic rings. The quantitative estimate of drug-likeness (QED) is 0.784. The van der Waals surface area contributed by atoms with E-state index in [1.54, 1.807) is 23.4 Å². The van der Waals surface area contributed by atoms with E-state index in [2.05, 4.69) is 20.3 Å². The first-order chi connectivity index (χ1) is 11.9. The summed E-state index contributed by atoms with van der Waals surface area (Å²) in [6, 6.07) is -0.109. The van der Waals surface area contributed by atoms with Gasteiger partial charge in [0, 0.05) is 29.8 Å². The van der Waals surface area contributed by atoms with Crippen LogP contribution in [0.3, 0.4) is 0 Å². The summed E-state index contributed by atoms with van der Waals surface area (Å²) in [5.74, 6) is -0.0217. The van der Waals surface area contributed by atoms with Gasteiger partial charge in [-0.05, 0) is 27.7 Å². The predicted octanol–water partition coefficient (Wildman–Crippen LogP) is 2.03. The van der Waals surface area contributed by atoms with Gasteiger partial charge >= 0.3 is 0 Å². The number of hydrogen-bond donors (Lipinski definition) is 1. The van der Waals surface area contributed by atoms with Crippen molar-refractivity contribution in [2.45, 2.75) is 40.2 Å². The van der Waals surface area contributed by atoms with E-state index >= 15 is 0 Å². The zero-order chi connectivity index (χ0) is 18.1. The SMILES string of the molecule is CC(=O)c1c(C)nn([C@H](C)CC(=O)NCC2=CSC3=NCCN23)c1C. The van der Waals surface area contributed by atoms with Gasteiger partial charge in [-0.3, -0.25) is 19.3 Å². The summed E-state index contributed by atoms with van der Waals surface area (Å²) in [6.07, 6.45) is 0.320. The van der Waals surface area contributed by atoms with E-state index in [-0.39, 0.29) is 17.7 Å². The lowest BCUT2D eigenvalue weighted by Crippen LogP contribution is -2.33. The number of Topliss-reactive ketones (excluding diaryl/α,β-unsaturated/α-hetero) is 1. The Morgan fingerprint density at radius 1 is 1.40 bits per heavy atom. The van der Waals surface area contributed by atoms with Crippen LogP contribution in [0.1, 0.15) is 48.1 Å². The van der Waals surface area contributed by atoms with Gasteiger partial charge < -0.3 is 10.2 Å². The molecule has 8 heteroatoms. The summed E-state index contributed by atoms with van der Waals surface area (Å²) < 4.78 is 1.78. The molecule has 0 aromatic carbocycles. The maximum absolute atomic E-state index is 12.3. The fourth-order valence-electron chi connectivity index (χ4n) is 3.33. The lowest BCUT2D eigenvalue weighted by Gasteiger charge is -2.18. The zero-order valence-corrected chi connectivity index (χ0v) is 15.8. The minimum atomic E-state index is -0.109. The lowest BCUT2D eigenvalue weighted by molar-refractivity contribution is -0.121. The Hall–Kier alpha value is -2.09. The molecule has 0 radical (unpaired) electrons. The first kappa shape index (κ1) is 17.7. The third-order valence-corrected chi connectivity index (χ3v) is 5.44. The van der Waals surface area contributed by atoms with Gasteiger partial charge in [-0.2, -0.15) is 5.10 Å². The largest absolute Gasteiger partial charge is 0.350 e. The van der Waals surface area contributed by atoms with Crippen molar-refractivity contribution in [2.75, 3.05) is 19.6 Å². The molecular weight excluding hydrogens is 338 g/mol. The Balaban J connectivity index is 1.57. The van der Waals surface area contributed by atoms with Crippen molar-refractivity contribution in [1.29, 1.82) is 0 Å². The number of hydrogen-bond acceptors (Lipinski definition) is 6. The summed E-state index contributed by atoms with van der Waals surface area (Å²) in [7, 11) is 0. The van der Waals surface area contributed by atoms with Crippen molar-refractivity contribution >= 4 is 28.6 Å². The molecule has 0 unspecified atom stereocenters. The molecule has 1 atom stereocenters. The molecule has 3 heterocycles. The highest BCUT2D eigenvalue weighted by molar-refractivity contribution is 8.16. The van der Waals surface area contributed by atoms with Crippen molar-refractivity contribution in [1.82, 2.24) is 20.0 Å². The fraction of sp³-hybridized carbons (Fsp3) is 0.529. The number of amidine groups is 1. The molecule has 1 aromatic heterocycles. The van der Waals surface area contributed by atoms with Crippen LogP contribution in [0.25, 0.3) is 0 Å². The average molecular weight is 361 g/mol. The van der Waals surface area contributed by atoms with Crippen LogP contribution >= 0.6 is 11.8 Å². The number of carbonyl (C=O) groups is 2. The van der Waals surface area contributed by atoms with Crippen LogP contribution in [0.5, 0.6) is 0 Å². The highest BCUT2D eigenvalue weighted by atomic mass is 32.2. The number of carbonyl (C=O) groups excluding carboxylic acids is 2. The molecule has 7 nitrogen and oxygen atoms in total. The summed E-state index contributed by atoms with van der Waals surface area (Å²) in [6.45, 7) is 9.40. The van der Waals surface area contributed by atoms with Crippen molar-refractivity contribution in [3.05, 3.63) is 28.1 Å². The maximum atomic E-state index is 12.3. The van der Waals surface area contributed by atoms with E-state index in [0.717, 1.165) is 29.6 Å². The number of nitrogens with zero attached hydrogens (tertiary/aromatic N) is 4. The first-order valence-corrected chi connectivity index (χ1v) is 9.27. The third kappa shape index (κ3) is 3.49. The normalized spacial score (nSPS) is 17.2. The molecule has 1 N–H and O–H groups in total. The highest BCUT2D eigenvalue weighted by Crippen LogP contribution is 2.28. The Labute approximate surface area is 151 Å². The van der Waals surface area contributed by atoms with Gasteiger partial charge in [-0.15, -0.1) is 0 Å². The van der Waals surface area contributed by atoms with Gasteiger partial charge in [-0.25, -0.2) is 0 Å². The Bertz CT molecular complexity index is 780. The molecule has 0 saturated heterocycles. The van der Waals surface area contributed by atoms with E-state index in [1.165, 1.54) is 0 Å². The van der Waals surface area contributed by atoms with Crippen molar-refractivity contribution in [3.63, 3.8) is 0 Å².